The highest BCUT2D eigenvalue weighted by Crippen LogP contribution is 2.21. The minimum Gasteiger partial charge on any atom is -0.497 e. The van der Waals surface area contributed by atoms with Crippen LogP contribution in [0.1, 0.15) is 17.3 Å². The van der Waals surface area contributed by atoms with Gasteiger partial charge in [-0.1, -0.05) is 0 Å². The molecule has 0 atom stereocenters. The smallest absolute Gasteiger partial charge is 0.323 e. The number of anilines is 3. The second kappa shape index (κ2) is 9.31. The van der Waals surface area contributed by atoms with E-state index in [-0.39, 0.29) is 10.7 Å². The van der Waals surface area contributed by atoms with Crippen LogP contribution in [0.5, 0.6) is 5.75 Å². The number of hydrogen-bond donors (Lipinski definition) is 3. The summed E-state index contributed by atoms with van der Waals surface area (Å²) in [7, 11) is -2.26. The number of Topliss-reactive ketones (excluding diaryl/α,β-unsaturated/α-hetero) is 1. The normalized spacial score (nSPS) is 10.8. The number of sulfonamides is 1. The van der Waals surface area contributed by atoms with Crippen LogP contribution in [-0.4, -0.2) is 27.3 Å². The SMILES string of the molecule is COc1ccc(NS(=O)(=O)c2ccc(NC(=O)Nc3ccc(C(C)=O)cc3)cc2)cc1. The van der Waals surface area contributed by atoms with E-state index in [1.54, 1.807) is 48.5 Å². The Morgan fingerprint density at radius 2 is 1.23 bits per heavy atom. The largest absolute Gasteiger partial charge is 0.497 e. The molecule has 3 aromatic carbocycles. The molecule has 2 amide bonds. The van der Waals surface area contributed by atoms with E-state index in [0.29, 0.717) is 28.4 Å². The summed E-state index contributed by atoms with van der Waals surface area (Å²) in [5, 5.41) is 5.26. The van der Waals surface area contributed by atoms with Crippen LogP contribution in [0.15, 0.2) is 77.7 Å². The zero-order chi connectivity index (χ0) is 22.4. The summed E-state index contributed by atoms with van der Waals surface area (Å²) in [6, 6.07) is 18.2. The molecule has 0 aliphatic rings. The Morgan fingerprint density at radius 1 is 0.742 bits per heavy atom. The number of ketones is 1. The predicted octanol–water partition coefficient (Wildman–Crippen LogP) is 4.34. The third-order valence-electron chi connectivity index (χ3n) is 4.31. The first-order valence-electron chi connectivity index (χ1n) is 9.23. The number of hydrogen-bond acceptors (Lipinski definition) is 5. The zero-order valence-electron chi connectivity index (χ0n) is 16.9. The van der Waals surface area contributed by atoms with E-state index < -0.39 is 16.1 Å². The van der Waals surface area contributed by atoms with E-state index in [0.717, 1.165) is 0 Å². The molecule has 0 fully saturated rings. The highest BCUT2D eigenvalue weighted by atomic mass is 32.2. The number of urea groups is 1. The van der Waals surface area contributed by atoms with Gasteiger partial charge in [0.2, 0.25) is 0 Å². The Hall–Kier alpha value is -3.85. The lowest BCUT2D eigenvalue weighted by atomic mass is 10.1. The second-order valence-electron chi connectivity index (χ2n) is 6.57. The van der Waals surface area contributed by atoms with Crippen LogP contribution in [0, 0.1) is 0 Å². The minimum atomic E-state index is -3.78. The highest BCUT2D eigenvalue weighted by Gasteiger charge is 2.14. The molecule has 0 aliphatic carbocycles. The summed E-state index contributed by atoms with van der Waals surface area (Å²) >= 11 is 0. The molecule has 31 heavy (non-hydrogen) atoms. The third-order valence-corrected chi connectivity index (χ3v) is 5.71. The fourth-order valence-electron chi connectivity index (χ4n) is 2.67. The van der Waals surface area contributed by atoms with Gasteiger partial charge in [0.1, 0.15) is 5.75 Å². The van der Waals surface area contributed by atoms with Crippen LogP contribution >= 0.6 is 0 Å². The number of carbonyl (C=O) groups excluding carboxylic acids is 2. The van der Waals surface area contributed by atoms with Gasteiger partial charge in [0.15, 0.2) is 5.78 Å². The zero-order valence-corrected chi connectivity index (χ0v) is 17.7. The molecule has 3 N–H and O–H groups in total. The van der Waals surface area contributed by atoms with E-state index in [9.17, 15) is 18.0 Å². The molecule has 0 heterocycles. The van der Waals surface area contributed by atoms with Gasteiger partial charge in [-0.3, -0.25) is 9.52 Å². The quantitative estimate of drug-likeness (QED) is 0.474. The van der Waals surface area contributed by atoms with Crippen molar-refractivity contribution >= 4 is 38.9 Å². The van der Waals surface area contributed by atoms with Crippen molar-refractivity contribution in [3.8, 4) is 5.75 Å². The number of methoxy groups -OCH3 is 1. The summed E-state index contributed by atoms with van der Waals surface area (Å²) in [5.41, 5.74) is 1.89. The molecule has 0 saturated carbocycles. The van der Waals surface area contributed by atoms with E-state index in [1.165, 1.54) is 38.3 Å². The lowest BCUT2D eigenvalue weighted by molar-refractivity contribution is 0.101. The lowest BCUT2D eigenvalue weighted by Gasteiger charge is -2.11. The van der Waals surface area contributed by atoms with Gasteiger partial charge < -0.3 is 15.4 Å². The summed E-state index contributed by atoms with van der Waals surface area (Å²) in [4.78, 5) is 23.5. The van der Waals surface area contributed by atoms with Crippen molar-refractivity contribution in [2.75, 3.05) is 22.5 Å². The average Bonchev–Trinajstić information content (AvgIpc) is 2.74. The topological polar surface area (TPSA) is 114 Å². The van der Waals surface area contributed by atoms with Gasteiger partial charge in [0, 0.05) is 22.6 Å². The minimum absolute atomic E-state index is 0.0501. The maximum Gasteiger partial charge on any atom is 0.323 e. The van der Waals surface area contributed by atoms with Gasteiger partial charge in [-0.15, -0.1) is 0 Å². The average molecular weight is 439 g/mol. The standard InChI is InChI=1S/C22H21N3O5S/c1-15(26)16-3-5-17(6-4-16)23-22(27)24-18-9-13-21(14-10-18)31(28,29)25-19-7-11-20(30-2)12-8-19/h3-14,25H,1-2H3,(H2,23,24,27). The first-order valence-corrected chi connectivity index (χ1v) is 10.7. The molecule has 0 unspecified atom stereocenters. The Bertz CT molecular complexity index is 1170. The van der Waals surface area contributed by atoms with Crippen molar-refractivity contribution < 1.29 is 22.7 Å². The molecule has 3 rings (SSSR count). The number of ether oxygens (including phenoxy) is 1. The summed E-state index contributed by atoms with van der Waals surface area (Å²) < 4.78 is 32.6. The molecule has 3 aromatic rings. The molecule has 160 valence electrons. The van der Waals surface area contributed by atoms with Gasteiger partial charge in [-0.05, 0) is 79.7 Å². The number of benzene rings is 3. The summed E-state index contributed by atoms with van der Waals surface area (Å²) in [6.07, 6.45) is 0. The number of carbonyl (C=O) groups is 2. The molecule has 0 bridgehead atoms. The van der Waals surface area contributed by atoms with Crippen molar-refractivity contribution in [1.82, 2.24) is 0 Å². The van der Waals surface area contributed by atoms with E-state index >= 15 is 0 Å². The Kier molecular flexibility index (Phi) is 6.56. The fraction of sp³-hybridized carbons (Fsp3) is 0.0909. The lowest BCUT2D eigenvalue weighted by Crippen LogP contribution is -2.19. The van der Waals surface area contributed by atoms with Gasteiger partial charge in [0.25, 0.3) is 10.0 Å². The number of nitrogens with one attached hydrogen (secondary N) is 3. The monoisotopic (exact) mass is 439 g/mol. The molecular formula is C22H21N3O5S. The van der Waals surface area contributed by atoms with Crippen molar-refractivity contribution in [3.63, 3.8) is 0 Å². The van der Waals surface area contributed by atoms with E-state index in [1.807, 2.05) is 0 Å². The number of amides is 2. The molecular weight excluding hydrogens is 418 g/mol. The molecule has 0 spiro atoms. The van der Waals surface area contributed by atoms with E-state index in [4.69, 9.17) is 4.74 Å². The fourth-order valence-corrected chi connectivity index (χ4v) is 3.73. The predicted molar refractivity (Wildman–Crippen MR) is 119 cm³/mol. The first kappa shape index (κ1) is 21.8. The third kappa shape index (κ3) is 5.83. The Labute approximate surface area is 180 Å². The van der Waals surface area contributed by atoms with Crippen molar-refractivity contribution in [3.05, 3.63) is 78.4 Å². The summed E-state index contributed by atoms with van der Waals surface area (Å²) in [5.74, 6) is 0.555. The van der Waals surface area contributed by atoms with Gasteiger partial charge in [-0.25, -0.2) is 13.2 Å². The molecule has 9 heteroatoms. The molecule has 0 saturated heterocycles. The van der Waals surface area contributed by atoms with Gasteiger partial charge in [0.05, 0.1) is 12.0 Å². The van der Waals surface area contributed by atoms with Crippen LogP contribution in [0.2, 0.25) is 0 Å². The van der Waals surface area contributed by atoms with Gasteiger partial charge >= 0.3 is 6.03 Å². The first-order chi connectivity index (χ1) is 14.8. The van der Waals surface area contributed by atoms with Crippen LogP contribution in [0.4, 0.5) is 21.9 Å². The molecule has 0 aliphatic heterocycles. The highest BCUT2D eigenvalue weighted by molar-refractivity contribution is 7.92. The van der Waals surface area contributed by atoms with Crippen molar-refractivity contribution in [2.45, 2.75) is 11.8 Å². The molecule has 8 nitrogen and oxygen atoms in total. The Balaban J connectivity index is 1.61. The van der Waals surface area contributed by atoms with Crippen molar-refractivity contribution in [2.24, 2.45) is 0 Å². The molecule has 0 aromatic heterocycles. The molecule has 0 radical (unpaired) electrons. The van der Waals surface area contributed by atoms with Crippen molar-refractivity contribution in [1.29, 1.82) is 0 Å². The van der Waals surface area contributed by atoms with Crippen LogP contribution in [0.3, 0.4) is 0 Å². The second-order valence-corrected chi connectivity index (χ2v) is 8.25. The number of rotatable bonds is 7. The van der Waals surface area contributed by atoms with Crippen LogP contribution < -0.4 is 20.1 Å². The maximum atomic E-state index is 12.5. The Morgan fingerprint density at radius 3 is 1.71 bits per heavy atom. The summed E-state index contributed by atoms with van der Waals surface area (Å²) in [6.45, 7) is 1.46. The van der Waals surface area contributed by atoms with E-state index in [2.05, 4.69) is 15.4 Å². The maximum absolute atomic E-state index is 12.5. The van der Waals surface area contributed by atoms with Gasteiger partial charge in [-0.2, -0.15) is 0 Å². The van der Waals surface area contributed by atoms with Crippen LogP contribution in [0.25, 0.3) is 0 Å². The van der Waals surface area contributed by atoms with Crippen LogP contribution in [-0.2, 0) is 10.0 Å².